The molecule has 4 rings (SSSR count). The van der Waals surface area contributed by atoms with E-state index in [2.05, 4.69) is 22.6 Å². The number of ether oxygens (including phenoxy) is 1. The van der Waals surface area contributed by atoms with Crippen LogP contribution in [0.1, 0.15) is 29.2 Å². The number of hydrogen-bond acceptors (Lipinski definition) is 5. The molecule has 0 unspecified atom stereocenters. The number of hydrogen-bond donors (Lipinski definition) is 1. The summed E-state index contributed by atoms with van der Waals surface area (Å²) in [6.45, 7) is 4.67. The van der Waals surface area contributed by atoms with E-state index < -0.39 is 0 Å². The SMILES string of the molecule is COc1ccc(-n2cc(CN[C@H](C)c3csc(C)n3)c(-c3cccc(F)c3)n2)cc1. The van der Waals surface area contributed by atoms with Gasteiger partial charge in [-0.3, -0.25) is 0 Å². The van der Waals surface area contributed by atoms with E-state index in [1.54, 1.807) is 24.5 Å². The Hall–Kier alpha value is -3.03. The minimum atomic E-state index is -0.281. The Morgan fingerprint density at radius 2 is 2.00 bits per heavy atom. The molecule has 0 fully saturated rings. The largest absolute Gasteiger partial charge is 0.497 e. The van der Waals surface area contributed by atoms with Crippen LogP contribution in [0, 0.1) is 12.7 Å². The van der Waals surface area contributed by atoms with E-state index in [9.17, 15) is 4.39 Å². The lowest BCUT2D eigenvalue weighted by Crippen LogP contribution is -2.18. The molecule has 1 N–H and O–H groups in total. The summed E-state index contributed by atoms with van der Waals surface area (Å²) in [6, 6.07) is 14.3. The van der Waals surface area contributed by atoms with Gasteiger partial charge >= 0.3 is 0 Å². The van der Waals surface area contributed by atoms with E-state index in [-0.39, 0.29) is 11.9 Å². The average Bonchev–Trinajstić information content (AvgIpc) is 3.39. The Morgan fingerprint density at radius 3 is 2.67 bits per heavy atom. The zero-order valence-corrected chi connectivity index (χ0v) is 17.9. The minimum Gasteiger partial charge on any atom is -0.497 e. The first-order valence-electron chi connectivity index (χ1n) is 9.68. The summed E-state index contributed by atoms with van der Waals surface area (Å²) in [6.07, 6.45) is 1.98. The van der Waals surface area contributed by atoms with Gasteiger partial charge in [0.15, 0.2) is 0 Å². The molecule has 0 amide bonds. The Morgan fingerprint density at radius 1 is 1.20 bits per heavy atom. The summed E-state index contributed by atoms with van der Waals surface area (Å²) in [5, 5.41) is 11.4. The van der Waals surface area contributed by atoms with Crippen LogP contribution in [0.5, 0.6) is 5.75 Å². The zero-order chi connectivity index (χ0) is 21.1. The average molecular weight is 423 g/mol. The van der Waals surface area contributed by atoms with Crippen LogP contribution >= 0.6 is 11.3 Å². The second kappa shape index (κ2) is 8.77. The van der Waals surface area contributed by atoms with Gasteiger partial charge in [0.2, 0.25) is 0 Å². The van der Waals surface area contributed by atoms with E-state index in [0.717, 1.165) is 39.0 Å². The van der Waals surface area contributed by atoms with Crippen molar-refractivity contribution in [1.82, 2.24) is 20.1 Å². The maximum atomic E-state index is 13.9. The van der Waals surface area contributed by atoms with Crippen molar-refractivity contribution in [2.45, 2.75) is 26.4 Å². The van der Waals surface area contributed by atoms with Gasteiger partial charge < -0.3 is 10.1 Å². The third-order valence-electron chi connectivity index (χ3n) is 4.90. The highest BCUT2D eigenvalue weighted by Crippen LogP contribution is 2.26. The van der Waals surface area contributed by atoms with Crippen molar-refractivity contribution in [3.8, 4) is 22.7 Å². The fourth-order valence-electron chi connectivity index (χ4n) is 3.23. The monoisotopic (exact) mass is 422 g/mol. The predicted molar refractivity (Wildman–Crippen MR) is 118 cm³/mol. The van der Waals surface area contributed by atoms with Gasteiger partial charge in [0.1, 0.15) is 11.6 Å². The molecule has 7 heteroatoms. The van der Waals surface area contributed by atoms with Crippen molar-refractivity contribution in [1.29, 1.82) is 0 Å². The van der Waals surface area contributed by atoms with Gasteiger partial charge in [-0.1, -0.05) is 12.1 Å². The van der Waals surface area contributed by atoms with Crippen molar-refractivity contribution < 1.29 is 9.13 Å². The van der Waals surface area contributed by atoms with Crippen molar-refractivity contribution in [3.05, 3.63) is 82.2 Å². The van der Waals surface area contributed by atoms with E-state index >= 15 is 0 Å². The number of methoxy groups -OCH3 is 1. The fraction of sp³-hybridized carbons (Fsp3) is 0.217. The number of aromatic nitrogens is 3. The quantitative estimate of drug-likeness (QED) is 0.439. The van der Waals surface area contributed by atoms with Crippen LogP contribution < -0.4 is 10.1 Å². The highest BCUT2D eigenvalue weighted by atomic mass is 32.1. The van der Waals surface area contributed by atoms with Crippen LogP contribution in [0.3, 0.4) is 0 Å². The minimum absolute atomic E-state index is 0.0969. The van der Waals surface area contributed by atoms with Gasteiger partial charge in [0.25, 0.3) is 0 Å². The summed E-state index contributed by atoms with van der Waals surface area (Å²) in [4.78, 5) is 4.56. The Kier molecular flexibility index (Phi) is 5.92. The first-order chi connectivity index (χ1) is 14.5. The second-order valence-electron chi connectivity index (χ2n) is 7.05. The van der Waals surface area contributed by atoms with Crippen molar-refractivity contribution in [2.75, 3.05) is 7.11 Å². The standard InChI is InChI=1S/C23H23FN4OS/c1-15(22-14-30-16(2)26-22)25-12-18-13-28(20-7-9-21(29-3)10-8-20)27-23(18)17-5-4-6-19(24)11-17/h4-11,13-15,25H,12H2,1-3H3/t15-/m1/s1. The molecule has 0 radical (unpaired) electrons. The van der Waals surface area contributed by atoms with Gasteiger partial charge in [-0.2, -0.15) is 5.10 Å². The Labute approximate surface area is 179 Å². The number of nitrogens with one attached hydrogen (secondary N) is 1. The molecule has 0 bridgehead atoms. The van der Waals surface area contributed by atoms with Crippen LogP contribution in [0.25, 0.3) is 16.9 Å². The molecule has 5 nitrogen and oxygen atoms in total. The van der Waals surface area contributed by atoms with Crippen LogP contribution in [-0.2, 0) is 6.54 Å². The summed E-state index contributed by atoms with van der Waals surface area (Å²) >= 11 is 1.64. The molecule has 0 aliphatic rings. The number of halogens is 1. The van der Waals surface area contributed by atoms with Gasteiger partial charge in [0, 0.05) is 35.3 Å². The molecule has 30 heavy (non-hydrogen) atoms. The Balaban J connectivity index is 1.65. The molecule has 154 valence electrons. The summed E-state index contributed by atoms with van der Waals surface area (Å²) in [7, 11) is 1.64. The maximum Gasteiger partial charge on any atom is 0.123 e. The molecule has 0 aliphatic heterocycles. The lowest BCUT2D eigenvalue weighted by molar-refractivity contribution is 0.414. The molecule has 2 heterocycles. The molecule has 0 saturated carbocycles. The summed E-state index contributed by atoms with van der Waals surface area (Å²) in [5.41, 5.74) is 4.40. The predicted octanol–water partition coefficient (Wildman–Crippen LogP) is 5.30. The van der Waals surface area contributed by atoms with E-state index in [1.165, 1.54) is 12.1 Å². The molecule has 0 saturated heterocycles. The van der Waals surface area contributed by atoms with E-state index in [1.807, 2.05) is 48.1 Å². The first-order valence-corrected chi connectivity index (χ1v) is 10.6. The van der Waals surface area contributed by atoms with E-state index in [4.69, 9.17) is 9.84 Å². The van der Waals surface area contributed by atoms with Gasteiger partial charge in [0.05, 0.1) is 29.2 Å². The summed E-state index contributed by atoms with van der Waals surface area (Å²) < 4.78 is 20.9. The van der Waals surface area contributed by atoms with Gasteiger partial charge in [-0.05, 0) is 50.2 Å². The lowest BCUT2D eigenvalue weighted by atomic mass is 10.1. The third-order valence-corrected chi connectivity index (χ3v) is 5.70. The molecule has 4 aromatic rings. The molecule has 2 aromatic heterocycles. The third kappa shape index (κ3) is 4.42. The van der Waals surface area contributed by atoms with Crippen molar-refractivity contribution >= 4 is 11.3 Å². The number of nitrogens with zero attached hydrogens (tertiary/aromatic N) is 3. The maximum absolute atomic E-state index is 13.9. The van der Waals surface area contributed by atoms with Gasteiger partial charge in [-0.25, -0.2) is 14.1 Å². The van der Waals surface area contributed by atoms with Crippen molar-refractivity contribution in [3.63, 3.8) is 0 Å². The molecular formula is C23H23FN4OS. The fourth-order valence-corrected chi connectivity index (χ4v) is 3.94. The number of aryl methyl sites for hydroxylation is 1. The Bertz CT molecular complexity index is 1140. The molecule has 0 spiro atoms. The zero-order valence-electron chi connectivity index (χ0n) is 17.1. The van der Waals surface area contributed by atoms with Crippen LogP contribution in [0.4, 0.5) is 4.39 Å². The van der Waals surface area contributed by atoms with Crippen LogP contribution in [0.15, 0.2) is 60.1 Å². The smallest absolute Gasteiger partial charge is 0.123 e. The molecule has 0 aliphatic carbocycles. The topological polar surface area (TPSA) is 52.0 Å². The number of benzene rings is 2. The summed E-state index contributed by atoms with van der Waals surface area (Å²) in [5.74, 6) is 0.502. The van der Waals surface area contributed by atoms with Crippen LogP contribution in [-0.4, -0.2) is 21.9 Å². The first kappa shape index (κ1) is 20.3. The highest BCUT2D eigenvalue weighted by molar-refractivity contribution is 7.09. The molecule has 1 atom stereocenters. The second-order valence-corrected chi connectivity index (χ2v) is 8.11. The van der Waals surface area contributed by atoms with Gasteiger partial charge in [-0.15, -0.1) is 11.3 Å². The highest BCUT2D eigenvalue weighted by Gasteiger charge is 2.15. The van der Waals surface area contributed by atoms with Crippen LogP contribution in [0.2, 0.25) is 0 Å². The molecule has 2 aromatic carbocycles. The number of thiazole rings is 1. The van der Waals surface area contributed by atoms with Crippen molar-refractivity contribution in [2.24, 2.45) is 0 Å². The normalized spacial score (nSPS) is 12.1. The number of rotatable bonds is 7. The van der Waals surface area contributed by atoms with E-state index in [0.29, 0.717) is 6.54 Å². The molecular weight excluding hydrogens is 399 g/mol. The lowest BCUT2D eigenvalue weighted by Gasteiger charge is -2.11.